The second-order valence-corrected chi connectivity index (χ2v) is 6.61. The molecule has 0 aliphatic heterocycles. The van der Waals surface area contributed by atoms with Crippen LogP contribution in [0.5, 0.6) is 0 Å². The maximum absolute atomic E-state index is 12.1. The van der Waals surface area contributed by atoms with E-state index in [0.717, 1.165) is 27.9 Å². The first-order valence-corrected chi connectivity index (χ1v) is 8.83. The first-order chi connectivity index (χ1) is 13.5. The smallest absolute Gasteiger partial charge is 0.229 e. The summed E-state index contributed by atoms with van der Waals surface area (Å²) in [5.74, 6) is -1.03. The summed E-state index contributed by atoms with van der Waals surface area (Å²) in [5.41, 5.74) is 10.6. The molecule has 0 radical (unpaired) electrons. The first-order valence-electron chi connectivity index (χ1n) is 8.83. The van der Waals surface area contributed by atoms with Crippen LogP contribution in [0.25, 0.3) is 16.8 Å². The van der Waals surface area contributed by atoms with Crippen LogP contribution in [0, 0.1) is 0 Å². The summed E-state index contributed by atoms with van der Waals surface area (Å²) in [5, 5.41) is 4.09. The molecule has 1 atom stereocenters. The maximum Gasteiger partial charge on any atom is 0.229 e. The van der Waals surface area contributed by atoms with Crippen molar-refractivity contribution in [3.05, 3.63) is 89.9 Å². The molecule has 0 fully saturated rings. The van der Waals surface area contributed by atoms with Crippen LogP contribution in [-0.4, -0.2) is 26.3 Å². The molecule has 138 valence electrons. The van der Waals surface area contributed by atoms with Crippen LogP contribution >= 0.6 is 0 Å². The predicted octanol–water partition coefficient (Wildman–Crippen LogP) is 3.22. The molecule has 0 bridgehead atoms. The van der Waals surface area contributed by atoms with Gasteiger partial charge in [-0.05, 0) is 41.3 Å². The molecule has 1 unspecified atom stereocenters. The van der Waals surface area contributed by atoms with Gasteiger partial charge in [0.15, 0.2) is 11.4 Å². The van der Waals surface area contributed by atoms with E-state index in [-0.39, 0.29) is 5.78 Å². The van der Waals surface area contributed by atoms with Crippen molar-refractivity contribution in [1.29, 1.82) is 0 Å². The highest BCUT2D eigenvalue weighted by Gasteiger charge is 2.20. The lowest BCUT2D eigenvalue weighted by atomic mass is 9.89. The van der Waals surface area contributed by atoms with Crippen LogP contribution < -0.4 is 5.73 Å². The normalized spacial score (nSPS) is 12.0. The fraction of sp³-hybridized carbons (Fsp3) is 0.0909. The van der Waals surface area contributed by atoms with Crippen molar-refractivity contribution in [2.45, 2.75) is 12.8 Å². The van der Waals surface area contributed by atoms with Crippen LogP contribution in [0.4, 0.5) is 0 Å². The number of hydrogen-bond acceptors (Lipinski definition) is 4. The second kappa shape index (κ2) is 7.08. The van der Waals surface area contributed by atoms with Crippen molar-refractivity contribution in [1.82, 2.24) is 14.6 Å². The van der Waals surface area contributed by atoms with Gasteiger partial charge in [0.2, 0.25) is 5.91 Å². The van der Waals surface area contributed by atoms with Gasteiger partial charge in [0, 0.05) is 11.8 Å². The van der Waals surface area contributed by atoms with Gasteiger partial charge >= 0.3 is 0 Å². The molecule has 2 N–H and O–H groups in total. The highest BCUT2D eigenvalue weighted by Crippen LogP contribution is 2.28. The Morgan fingerprint density at radius 2 is 1.57 bits per heavy atom. The van der Waals surface area contributed by atoms with E-state index in [1.165, 1.54) is 13.3 Å². The number of aromatic nitrogens is 3. The van der Waals surface area contributed by atoms with E-state index in [1.807, 2.05) is 42.6 Å². The van der Waals surface area contributed by atoms with E-state index >= 15 is 0 Å². The first kappa shape index (κ1) is 17.6. The third kappa shape index (κ3) is 3.27. The highest BCUT2D eigenvalue weighted by molar-refractivity contribution is 5.94. The lowest BCUT2D eigenvalue weighted by molar-refractivity contribution is -0.118. The van der Waals surface area contributed by atoms with Crippen LogP contribution in [0.15, 0.2) is 73.2 Å². The summed E-state index contributed by atoms with van der Waals surface area (Å²) in [7, 11) is 0. The molecule has 0 saturated carbocycles. The molecule has 0 aliphatic rings. The summed E-state index contributed by atoms with van der Waals surface area (Å²) in [4.78, 5) is 27.8. The van der Waals surface area contributed by atoms with Gasteiger partial charge in [0.05, 0.1) is 5.92 Å². The number of fused-ring (bicyclic) bond motifs is 1. The van der Waals surface area contributed by atoms with Crippen LogP contribution in [0.1, 0.15) is 34.3 Å². The summed E-state index contributed by atoms with van der Waals surface area (Å²) >= 11 is 0. The van der Waals surface area contributed by atoms with Crippen LogP contribution in [0.2, 0.25) is 0 Å². The number of rotatable bonds is 5. The number of benzene rings is 2. The Bertz CT molecular complexity index is 1160. The molecule has 2 aromatic carbocycles. The molecule has 28 heavy (non-hydrogen) atoms. The lowest BCUT2D eigenvalue weighted by Gasteiger charge is -2.15. The highest BCUT2D eigenvalue weighted by atomic mass is 16.1. The molecular weight excluding hydrogens is 352 g/mol. The van der Waals surface area contributed by atoms with Gasteiger partial charge < -0.3 is 5.73 Å². The summed E-state index contributed by atoms with van der Waals surface area (Å²) in [6, 6.07) is 18.6. The molecule has 4 rings (SSSR count). The van der Waals surface area contributed by atoms with Gasteiger partial charge in [-0.1, -0.05) is 48.5 Å². The van der Waals surface area contributed by atoms with Crippen LogP contribution in [-0.2, 0) is 4.79 Å². The molecule has 6 heteroatoms. The number of nitrogens with zero attached hydrogens (tertiary/aromatic N) is 3. The van der Waals surface area contributed by atoms with Gasteiger partial charge in [0.1, 0.15) is 6.33 Å². The summed E-state index contributed by atoms with van der Waals surface area (Å²) < 4.78 is 1.70. The summed E-state index contributed by atoms with van der Waals surface area (Å²) in [6.07, 6.45) is 3.37. The zero-order valence-electron chi connectivity index (χ0n) is 15.2. The van der Waals surface area contributed by atoms with Crippen LogP contribution in [0.3, 0.4) is 0 Å². The Morgan fingerprint density at radius 3 is 2.18 bits per heavy atom. The average Bonchev–Trinajstić information content (AvgIpc) is 3.16. The van der Waals surface area contributed by atoms with Crippen molar-refractivity contribution >= 4 is 17.3 Å². The largest absolute Gasteiger partial charge is 0.369 e. The monoisotopic (exact) mass is 370 g/mol. The minimum atomic E-state index is -0.575. The molecule has 0 saturated heterocycles. The third-order valence-corrected chi connectivity index (χ3v) is 4.79. The van der Waals surface area contributed by atoms with Gasteiger partial charge in [-0.2, -0.15) is 5.10 Å². The number of nitrogens with two attached hydrogens (primary N) is 1. The van der Waals surface area contributed by atoms with E-state index < -0.39 is 11.8 Å². The Balaban J connectivity index is 1.66. The van der Waals surface area contributed by atoms with Crippen molar-refractivity contribution in [3.8, 4) is 11.1 Å². The number of hydrogen-bond donors (Lipinski definition) is 1. The topological polar surface area (TPSA) is 90.4 Å². The Morgan fingerprint density at radius 1 is 0.929 bits per heavy atom. The predicted molar refractivity (Wildman–Crippen MR) is 106 cm³/mol. The third-order valence-electron chi connectivity index (χ3n) is 4.79. The molecule has 0 aliphatic carbocycles. The zero-order chi connectivity index (χ0) is 19.7. The van der Waals surface area contributed by atoms with Crippen molar-refractivity contribution in [3.63, 3.8) is 0 Å². The quantitative estimate of drug-likeness (QED) is 0.546. The molecule has 2 aromatic heterocycles. The van der Waals surface area contributed by atoms with E-state index in [9.17, 15) is 9.59 Å². The minimum absolute atomic E-state index is 0.0174. The minimum Gasteiger partial charge on any atom is -0.369 e. The van der Waals surface area contributed by atoms with Crippen molar-refractivity contribution in [2.24, 2.45) is 5.73 Å². The lowest BCUT2D eigenvalue weighted by Crippen LogP contribution is -2.22. The van der Waals surface area contributed by atoms with Gasteiger partial charge in [0.25, 0.3) is 0 Å². The van der Waals surface area contributed by atoms with Gasteiger partial charge in [-0.15, -0.1) is 0 Å². The second-order valence-electron chi connectivity index (χ2n) is 6.61. The van der Waals surface area contributed by atoms with E-state index in [0.29, 0.717) is 5.56 Å². The van der Waals surface area contributed by atoms with E-state index in [4.69, 9.17) is 5.73 Å². The molecule has 0 spiro atoms. The number of carbonyl (C=O) groups is 2. The number of carbonyl (C=O) groups excluding carboxylic acids is 2. The average molecular weight is 370 g/mol. The van der Waals surface area contributed by atoms with Crippen molar-refractivity contribution < 1.29 is 9.59 Å². The number of ketones is 1. The Labute approximate surface area is 161 Å². The number of Topliss-reactive ketones (excluding diaryl/α,β-unsaturated/α-hetero) is 1. The van der Waals surface area contributed by atoms with Gasteiger partial charge in [-0.3, -0.25) is 9.59 Å². The van der Waals surface area contributed by atoms with Gasteiger partial charge in [-0.25, -0.2) is 9.50 Å². The molecule has 6 nitrogen and oxygen atoms in total. The number of amides is 1. The molecule has 4 aromatic rings. The fourth-order valence-corrected chi connectivity index (χ4v) is 3.29. The SMILES string of the molecule is CC(=O)c1ccc(C(C(N)=O)c2ccc(-c3ccn4ncnc4c3)cc2)cc1. The number of pyridine rings is 1. The molecule has 1 amide bonds. The standard InChI is InChI=1S/C22H18N4O2/c1-14(27)15-2-6-17(7-3-15)21(22(23)28)18-8-4-16(5-9-18)19-10-11-26-20(12-19)24-13-25-26/h2-13,21H,1H3,(H2,23,28). The fourth-order valence-electron chi connectivity index (χ4n) is 3.29. The Kier molecular flexibility index (Phi) is 4.45. The maximum atomic E-state index is 12.1. The van der Waals surface area contributed by atoms with Crippen molar-refractivity contribution in [2.75, 3.05) is 0 Å². The Hall–Kier alpha value is -3.80. The molecular formula is C22H18N4O2. The number of primary amides is 1. The molecule has 2 heterocycles. The summed E-state index contributed by atoms with van der Waals surface area (Å²) in [6.45, 7) is 1.51. The van der Waals surface area contributed by atoms with E-state index in [2.05, 4.69) is 10.1 Å². The zero-order valence-corrected chi connectivity index (χ0v) is 15.2. The van der Waals surface area contributed by atoms with E-state index in [1.54, 1.807) is 28.8 Å².